The summed E-state index contributed by atoms with van der Waals surface area (Å²) in [5.41, 5.74) is 4.31. The van der Waals surface area contributed by atoms with Crippen LogP contribution in [-0.2, 0) is 16.0 Å². The van der Waals surface area contributed by atoms with Gasteiger partial charge >= 0.3 is 5.97 Å². The third-order valence-corrected chi connectivity index (χ3v) is 3.06. The topological polar surface area (TPSA) is 35.5 Å². The monoisotopic (exact) mass is 236 g/mol. The molecule has 0 amide bonds. The van der Waals surface area contributed by atoms with Gasteiger partial charge in [0.2, 0.25) is 0 Å². The average Bonchev–Trinajstić information content (AvgIpc) is 2.31. The van der Waals surface area contributed by atoms with Crippen molar-refractivity contribution in [3.05, 3.63) is 28.3 Å². The highest BCUT2D eigenvalue weighted by Gasteiger charge is 2.14. The van der Waals surface area contributed by atoms with Crippen LogP contribution in [0.3, 0.4) is 0 Å². The SMILES string of the molecule is CCOc1cc(C)c(CC(=O)OC)c(C)c1C. The van der Waals surface area contributed by atoms with Gasteiger partial charge in [0.05, 0.1) is 20.1 Å². The van der Waals surface area contributed by atoms with Crippen LogP contribution in [0.15, 0.2) is 6.07 Å². The Balaban J connectivity index is 3.16. The standard InChI is InChI=1S/C14H20O3/c1-6-17-13-7-9(2)12(8-14(15)16-5)10(3)11(13)4/h7H,6,8H2,1-5H3. The molecule has 1 aromatic carbocycles. The molecule has 3 heteroatoms. The Kier molecular flexibility index (Phi) is 4.55. The minimum Gasteiger partial charge on any atom is -0.494 e. The molecule has 3 nitrogen and oxygen atoms in total. The van der Waals surface area contributed by atoms with Crippen molar-refractivity contribution in [3.63, 3.8) is 0 Å². The lowest BCUT2D eigenvalue weighted by Crippen LogP contribution is -2.09. The van der Waals surface area contributed by atoms with Crippen molar-refractivity contribution in [2.45, 2.75) is 34.1 Å². The van der Waals surface area contributed by atoms with Crippen LogP contribution < -0.4 is 4.74 Å². The lowest BCUT2D eigenvalue weighted by molar-refractivity contribution is -0.139. The van der Waals surface area contributed by atoms with Crippen molar-refractivity contribution in [2.75, 3.05) is 13.7 Å². The van der Waals surface area contributed by atoms with E-state index < -0.39 is 0 Å². The number of hydrogen-bond donors (Lipinski definition) is 0. The van der Waals surface area contributed by atoms with Crippen molar-refractivity contribution in [1.82, 2.24) is 0 Å². The summed E-state index contributed by atoms with van der Waals surface area (Å²) in [5, 5.41) is 0. The summed E-state index contributed by atoms with van der Waals surface area (Å²) in [6.07, 6.45) is 0.321. The molecule has 0 unspecified atom stereocenters. The molecule has 0 atom stereocenters. The summed E-state index contributed by atoms with van der Waals surface area (Å²) in [5.74, 6) is 0.691. The molecule has 0 aromatic heterocycles. The second-order valence-corrected chi connectivity index (χ2v) is 4.11. The average molecular weight is 236 g/mol. The van der Waals surface area contributed by atoms with Crippen molar-refractivity contribution in [3.8, 4) is 5.75 Å². The zero-order valence-corrected chi connectivity index (χ0v) is 11.2. The zero-order valence-electron chi connectivity index (χ0n) is 11.2. The minimum atomic E-state index is -0.209. The fourth-order valence-corrected chi connectivity index (χ4v) is 1.89. The summed E-state index contributed by atoms with van der Waals surface area (Å²) in [6.45, 7) is 8.64. The van der Waals surface area contributed by atoms with E-state index in [1.165, 1.54) is 7.11 Å². The zero-order chi connectivity index (χ0) is 13.0. The molecule has 0 aliphatic carbocycles. The fourth-order valence-electron chi connectivity index (χ4n) is 1.89. The van der Waals surface area contributed by atoms with Crippen LogP contribution in [0.5, 0.6) is 5.75 Å². The van der Waals surface area contributed by atoms with Crippen molar-refractivity contribution in [2.24, 2.45) is 0 Å². The lowest BCUT2D eigenvalue weighted by atomic mass is 9.95. The molecule has 0 heterocycles. The van der Waals surface area contributed by atoms with Gasteiger partial charge in [0, 0.05) is 0 Å². The first-order chi connectivity index (χ1) is 8.01. The molecule has 1 aromatic rings. The van der Waals surface area contributed by atoms with Crippen LogP contribution in [0.1, 0.15) is 29.2 Å². The lowest BCUT2D eigenvalue weighted by Gasteiger charge is -2.16. The molecule has 1 rings (SSSR count). The maximum absolute atomic E-state index is 11.4. The molecule has 17 heavy (non-hydrogen) atoms. The highest BCUT2D eigenvalue weighted by molar-refractivity contribution is 5.74. The molecule has 0 N–H and O–H groups in total. The number of aryl methyl sites for hydroxylation is 1. The van der Waals surface area contributed by atoms with Gasteiger partial charge in [-0.25, -0.2) is 0 Å². The first-order valence-corrected chi connectivity index (χ1v) is 5.80. The summed E-state index contributed by atoms with van der Waals surface area (Å²) >= 11 is 0. The molecule has 0 spiro atoms. The minimum absolute atomic E-state index is 0.209. The number of esters is 1. The summed E-state index contributed by atoms with van der Waals surface area (Å²) in [7, 11) is 1.41. The van der Waals surface area contributed by atoms with Crippen LogP contribution in [0.4, 0.5) is 0 Å². The van der Waals surface area contributed by atoms with Crippen molar-refractivity contribution in [1.29, 1.82) is 0 Å². The van der Waals surface area contributed by atoms with Crippen LogP contribution in [0, 0.1) is 20.8 Å². The van der Waals surface area contributed by atoms with Gasteiger partial charge in [0.15, 0.2) is 0 Å². The number of benzene rings is 1. The smallest absolute Gasteiger partial charge is 0.309 e. The van der Waals surface area contributed by atoms with E-state index in [2.05, 4.69) is 0 Å². The van der Waals surface area contributed by atoms with Crippen LogP contribution in [0.25, 0.3) is 0 Å². The van der Waals surface area contributed by atoms with Crippen LogP contribution in [0.2, 0.25) is 0 Å². The van der Waals surface area contributed by atoms with Crippen molar-refractivity contribution >= 4 is 5.97 Å². The van der Waals surface area contributed by atoms with Gasteiger partial charge in [-0.2, -0.15) is 0 Å². The molecule has 0 radical (unpaired) electrons. The van der Waals surface area contributed by atoms with Gasteiger partial charge < -0.3 is 9.47 Å². The van der Waals surface area contributed by atoms with Gasteiger partial charge in [0.1, 0.15) is 5.75 Å². The van der Waals surface area contributed by atoms with Gasteiger partial charge in [0.25, 0.3) is 0 Å². The van der Waals surface area contributed by atoms with E-state index in [1.54, 1.807) is 0 Å². The summed E-state index contributed by atoms with van der Waals surface area (Å²) < 4.78 is 10.3. The quantitative estimate of drug-likeness (QED) is 0.754. The number of rotatable bonds is 4. The van der Waals surface area contributed by atoms with E-state index in [1.807, 2.05) is 33.8 Å². The predicted octanol–water partition coefficient (Wildman–Crippen LogP) is 2.73. The van der Waals surface area contributed by atoms with Crippen LogP contribution in [-0.4, -0.2) is 19.7 Å². The van der Waals surface area contributed by atoms with E-state index in [0.717, 1.165) is 28.0 Å². The molecule has 0 fully saturated rings. The van der Waals surface area contributed by atoms with E-state index in [9.17, 15) is 4.79 Å². The van der Waals surface area contributed by atoms with E-state index in [-0.39, 0.29) is 5.97 Å². The van der Waals surface area contributed by atoms with Gasteiger partial charge in [-0.15, -0.1) is 0 Å². The molecule has 0 saturated heterocycles. The molecular weight excluding hydrogens is 216 g/mol. The Morgan fingerprint density at radius 1 is 1.24 bits per heavy atom. The number of carbonyl (C=O) groups is 1. The van der Waals surface area contributed by atoms with E-state index >= 15 is 0 Å². The highest BCUT2D eigenvalue weighted by atomic mass is 16.5. The molecule has 0 bridgehead atoms. The summed E-state index contributed by atoms with van der Waals surface area (Å²) in [4.78, 5) is 11.4. The van der Waals surface area contributed by atoms with Crippen molar-refractivity contribution < 1.29 is 14.3 Å². The Morgan fingerprint density at radius 2 is 1.88 bits per heavy atom. The molecular formula is C14H20O3. The predicted molar refractivity (Wildman–Crippen MR) is 67.5 cm³/mol. The van der Waals surface area contributed by atoms with Crippen LogP contribution >= 0.6 is 0 Å². The molecule has 0 aliphatic rings. The number of ether oxygens (including phenoxy) is 2. The normalized spacial score (nSPS) is 10.2. The number of methoxy groups -OCH3 is 1. The fraction of sp³-hybridized carbons (Fsp3) is 0.500. The molecule has 94 valence electrons. The third kappa shape index (κ3) is 2.99. The first-order valence-electron chi connectivity index (χ1n) is 5.80. The first kappa shape index (κ1) is 13.6. The van der Waals surface area contributed by atoms with Gasteiger partial charge in [-0.3, -0.25) is 4.79 Å². The van der Waals surface area contributed by atoms with Gasteiger partial charge in [-0.05, 0) is 56.0 Å². The van der Waals surface area contributed by atoms with Gasteiger partial charge in [-0.1, -0.05) is 0 Å². The maximum Gasteiger partial charge on any atom is 0.309 e. The largest absolute Gasteiger partial charge is 0.494 e. The Hall–Kier alpha value is -1.51. The Labute approximate surface area is 103 Å². The second kappa shape index (κ2) is 5.71. The number of hydrogen-bond acceptors (Lipinski definition) is 3. The second-order valence-electron chi connectivity index (χ2n) is 4.11. The molecule has 0 saturated carbocycles. The molecule has 0 aliphatic heterocycles. The third-order valence-electron chi connectivity index (χ3n) is 3.06. The highest BCUT2D eigenvalue weighted by Crippen LogP contribution is 2.28. The van der Waals surface area contributed by atoms with E-state index in [0.29, 0.717) is 13.0 Å². The summed E-state index contributed by atoms with van der Waals surface area (Å²) in [6, 6.07) is 1.99. The van der Waals surface area contributed by atoms with E-state index in [4.69, 9.17) is 9.47 Å². The Bertz CT molecular complexity index is 422. The Morgan fingerprint density at radius 3 is 2.41 bits per heavy atom. The maximum atomic E-state index is 11.4. The number of carbonyl (C=O) groups excluding carboxylic acids is 1.